The topological polar surface area (TPSA) is 150 Å². The SMILES string of the molecule is O=C([O-])CC(O)(CC(=O)O[O-])C(=O)[O-].[Fe+3]. The molecule has 1 atom stereocenters. The summed E-state index contributed by atoms with van der Waals surface area (Å²) in [7, 11) is 0. The molecule has 0 spiro atoms. The van der Waals surface area contributed by atoms with Crippen molar-refractivity contribution in [1.29, 1.82) is 0 Å². The van der Waals surface area contributed by atoms with Crippen molar-refractivity contribution in [2.45, 2.75) is 18.4 Å². The van der Waals surface area contributed by atoms with Gasteiger partial charge in [0, 0.05) is 12.4 Å². The summed E-state index contributed by atoms with van der Waals surface area (Å²) >= 11 is 0. The van der Waals surface area contributed by atoms with Crippen molar-refractivity contribution in [1.82, 2.24) is 0 Å². The van der Waals surface area contributed by atoms with Crippen molar-refractivity contribution in [2.75, 3.05) is 0 Å². The second-order valence-electron chi connectivity index (χ2n) is 2.50. The molecule has 1 N–H and O–H groups in total. The molecule has 0 aromatic carbocycles. The van der Waals surface area contributed by atoms with Crippen LogP contribution in [0.25, 0.3) is 0 Å². The molecule has 0 aliphatic carbocycles. The summed E-state index contributed by atoms with van der Waals surface area (Å²) < 4.78 is 0. The van der Waals surface area contributed by atoms with E-state index in [0.717, 1.165) is 0 Å². The maximum absolute atomic E-state index is 10.3. The maximum atomic E-state index is 10.3. The minimum Gasteiger partial charge on any atom is -0.662 e. The number of aliphatic hydroxyl groups is 1. The van der Waals surface area contributed by atoms with Gasteiger partial charge in [0.05, 0.1) is 12.4 Å². The van der Waals surface area contributed by atoms with E-state index >= 15 is 0 Å². The Labute approximate surface area is 93.9 Å². The average Bonchev–Trinajstić information content (AvgIpc) is 2.02. The van der Waals surface area contributed by atoms with E-state index in [-0.39, 0.29) is 17.1 Å². The summed E-state index contributed by atoms with van der Waals surface area (Å²) in [6.45, 7) is 0. The predicted octanol–water partition coefficient (Wildman–Crippen LogP) is -5.19. The third kappa shape index (κ3) is 5.33. The van der Waals surface area contributed by atoms with Gasteiger partial charge in [-0.3, -0.25) is 4.79 Å². The van der Waals surface area contributed by atoms with E-state index in [4.69, 9.17) is 5.11 Å². The van der Waals surface area contributed by atoms with E-state index in [9.17, 15) is 29.9 Å². The Morgan fingerprint density at radius 1 is 1.20 bits per heavy atom. The van der Waals surface area contributed by atoms with Crippen LogP contribution in [0.15, 0.2) is 0 Å². The minimum absolute atomic E-state index is 0. The molecule has 0 heterocycles. The average molecular weight is 261 g/mol. The zero-order valence-electron chi connectivity index (χ0n) is 7.07. The molecule has 0 saturated carbocycles. The Hall–Kier alpha value is -1.15. The Kier molecular flexibility index (Phi) is 6.90. The van der Waals surface area contributed by atoms with Gasteiger partial charge in [-0.2, -0.15) is 0 Å². The number of hydrogen-bond acceptors (Lipinski definition) is 8. The Balaban J connectivity index is 0. The molecule has 8 nitrogen and oxygen atoms in total. The van der Waals surface area contributed by atoms with Gasteiger partial charge in [0.1, 0.15) is 5.60 Å². The van der Waals surface area contributed by atoms with Crippen LogP contribution in [-0.4, -0.2) is 28.6 Å². The number of carboxylic acid groups (broad SMARTS) is 2. The quantitative estimate of drug-likeness (QED) is 0.293. The molecule has 0 rings (SSSR count). The van der Waals surface area contributed by atoms with E-state index in [1.54, 1.807) is 0 Å². The van der Waals surface area contributed by atoms with Gasteiger partial charge in [-0.25, -0.2) is 0 Å². The van der Waals surface area contributed by atoms with Gasteiger partial charge in [-0.1, -0.05) is 0 Å². The second-order valence-corrected chi connectivity index (χ2v) is 2.50. The zero-order valence-corrected chi connectivity index (χ0v) is 8.18. The molecule has 1 unspecified atom stereocenters. The van der Waals surface area contributed by atoms with E-state index < -0.39 is 36.4 Å². The van der Waals surface area contributed by atoms with Crippen molar-refractivity contribution >= 4 is 17.9 Å². The van der Waals surface area contributed by atoms with Gasteiger partial charge < -0.3 is 35.1 Å². The van der Waals surface area contributed by atoms with E-state index in [2.05, 4.69) is 4.89 Å². The summed E-state index contributed by atoms with van der Waals surface area (Å²) in [5, 5.41) is 38.8. The first kappa shape index (κ1) is 16.3. The summed E-state index contributed by atoms with van der Waals surface area (Å²) in [4.78, 5) is 33.4. The molecule has 0 aliphatic heterocycles. The van der Waals surface area contributed by atoms with E-state index in [1.165, 1.54) is 0 Å². The first-order valence-electron chi connectivity index (χ1n) is 3.28. The molecular weight excluding hydrogens is 256 g/mol. The van der Waals surface area contributed by atoms with Crippen LogP contribution in [0, 0.1) is 0 Å². The number of carbonyl (C=O) groups is 3. The molecule has 0 bridgehead atoms. The first-order chi connectivity index (χ1) is 6.31. The van der Waals surface area contributed by atoms with Crippen LogP contribution in [0.4, 0.5) is 0 Å². The Bertz CT molecular complexity index is 264. The summed E-state index contributed by atoms with van der Waals surface area (Å²) in [5.74, 6) is -5.72. The molecule has 0 aromatic heterocycles. The third-order valence-electron chi connectivity index (χ3n) is 1.35. The Morgan fingerprint density at radius 3 is 1.93 bits per heavy atom. The molecule has 9 heteroatoms. The summed E-state index contributed by atoms with van der Waals surface area (Å²) in [6, 6.07) is 0. The number of carbonyl (C=O) groups excluding carboxylic acids is 3. The van der Waals surface area contributed by atoms with E-state index in [0.29, 0.717) is 0 Å². The normalized spacial score (nSPS) is 13.2. The molecule has 85 valence electrons. The smallest absolute Gasteiger partial charge is 0.662 e. The Morgan fingerprint density at radius 2 is 1.67 bits per heavy atom. The molecule has 0 aliphatic rings. The van der Waals surface area contributed by atoms with Gasteiger partial charge in [-0.15, -0.1) is 0 Å². The first-order valence-corrected chi connectivity index (χ1v) is 3.28. The maximum Gasteiger partial charge on any atom is 3.00 e. The van der Waals surface area contributed by atoms with Gasteiger partial charge in [-0.05, 0) is 0 Å². The van der Waals surface area contributed by atoms with Crippen molar-refractivity contribution in [2.24, 2.45) is 0 Å². The molecule has 0 aromatic rings. The third-order valence-corrected chi connectivity index (χ3v) is 1.35. The van der Waals surface area contributed by atoms with Gasteiger partial charge in [0.25, 0.3) is 0 Å². The second kappa shape index (κ2) is 6.35. The van der Waals surface area contributed by atoms with Gasteiger partial charge >= 0.3 is 23.0 Å². The summed E-state index contributed by atoms with van der Waals surface area (Å²) in [6.07, 6.45) is -2.68. The van der Waals surface area contributed by atoms with Crippen molar-refractivity contribution in [3.63, 3.8) is 0 Å². The molecule has 0 saturated heterocycles. The number of aliphatic carboxylic acids is 2. The van der Waals surface area contributed by atoms with Crippen LogP contribution in [0.5, 0.6) is 0 Å². The largest absolute Gasteiger partial charge is 3.00 e. The summed E-state index contributed by atoms with van der Waals surface area (Å²) in [5.41, 5.74) is -2.99. The fourth-order valence-electron chi connectivity index (χ4n) is 0.714. The van der Waals surface area contributed by atoms with Crippen LogP contribution in [0.3, 0.4) is 0 Å². The monoisotopic (exact) mass is 261 g/mol. The fourth-order valence-corrected chi connectivity index (χ4v) is 0.714. The number of rotatable bonds is 5. The van der Waals surface area contributed by atoms with Crippen molar-refractivity contribution in [3.05, 3.63) is 0 Å². The van der Waals surface area contributed by atoms with Crippen LogP contribution in [0.1, 0.15) is 12.8 Å². The molecule has 15 heavy (non-hydrogen) atoms. The van der Waals surface area contributed by atoms with Crippen LogP contribution >= 0.6 is 0 Å². The predicted molar refractivity (Wildman–Crippen MR) is 30.3 cm³/mol. The van der Waals surface area contributed by atoms with E-state index in [1.807, 2.05) is 0 Å². The molecule has 0 fully saturated rings. The fraction of sp³-hybridized carbons (Fsp3) is 0.500. The zero-order chi connectivity index (χ0) is 11.4. The van der Waals surface area contributed by atoms with Crippen molar-refractivity contribution < 1.29 is 56.9 Å². The number of hydrogen-bond donors (Lipinski definition) is 1. The molecular formula is C6H5FeO8. The standard InChI is InChI=1S/C6H8O8.Fe/c7-3(8)1-6(12,5(10)11)2-4(9)14-13;/h12-13H,1-2H2,(H,7,8)(H,10,11);/q;+3/p-3. The van der Waals surface area contributed by atoms with Gasteiger partial charge in [0.15, 0.2) is 0 Å². The number of carboxylic acids is 2. The van der Waals surface area contributed by atoms with Crippen molar-refractivity contribution in [3.8, 4) is 0 Å². The van der Waals surface area contributed by atoms with Crippen LogP contribution in [-0.2, 0) is 36.3 Å². The van der Waals surface area contributed by atoms with Crippen LogP contribution < -0.4 is 15.5 Å². The van der Waals surface area contributed by atoms with Gasteiger partial charge in [0.2, 0.25) is 0 Å². The molecule has 1 radical (unpaired) electrons. The molecule has 0 amide bonds. The van der Waals surface area contributed by atoms with Crippen LogP contribution in [0.2, 0.25) is 0 Å². The minimum atomic E-state index is -2.99.